The van der Waals surface area contributed by atoms with Crippen molar-refractivity contribution in [3.63, 3.8) is 0 Å². The number of carbonyl (C=O) groups excluding carboxylic acids is 3. The number of nitrogens with zero attached hydrogens (tertiary/aromatic N) is 1. The first-order chi connectivity index (χ1) is 12.3. The predicted molar refractivity (Wildman–Crippen MR) is 97.9 cm³/mol. The molecule has 5 N–H and O–H groups in total. The molecule has 8 heteroatoms. The molecule has 0 spiro atoms. The van der Waals surface area contributed by atoms with Gasteiger partial charge in [-0.15, -0.1) is 0 Å². The summed E-state index contributed by atoms with van der Waals surface area (Å²) in [5, 5.41) is 14.8. The van der Waals surface area contributed by atoms with E-state index in [1.54, 1.807) is 38.4 Å². The van der Waals surface area contributed by atoms with Crippen LogP contribution in [0.1, 0.15) is 31.4 Å². The lowest BCUT2D eigenvalue weighted by molar-refractivity contribution is -0.135. The zero-order valence-electron chi connectivity index (χ0n) is 15.4. The third kappa shape index (κ3) is 6.45. The molecule has 0 heterocycles. The van der Waals surface area contributed by atoms with Crippen LogP contribution in [0.3, 0.4) is 0 Å². The summed E-state index contributed by atoms with van der Waals surface area (Å²) < 4.78 is 0. The van der Waals surface area contributed by atoms with E-state index < -0.39 is 30.0 Å². The average molecular weight is 364 g/mol. The van der Waals surface area contributed by atoms with Gasteiger partial charge in [0.25, 0.3) is 5.91 Å². The Balaban J connectivity index is 2.67. The van der Waals surface area contributed by atoms with Crippen LogP contribution in [0, 0.1) is 0 Å². The van der Waals surface area contributed by atoms with Crippen LogP contribution in [0.25, 0.3) is 0 Å². The van der Waals surface area contributed by atoms with Gasteiger partial charge in [0.15, 0.2) is 0 Å². The Morgan fingerprint density at radius 1 is 1.19 bits per heavy atom. The van der Waals surface area contributed by atoms with E-state index in [0.717, 1.165) is 6.42 Å². The Morgan fingerprint density at radius 3 is 2.35 bits per heavy atom. The molecule has 0 bridgehead atoms. The molecule has 0 aliphatic carbocycles. The zero-order chi connectivity index (χ0) is 19.7. The number of hydrogen-bond donors (Lipinski definition) is 4. The minimum absolute atomic E-state index is 0.291. The first-order valence-corrected chi connectivity index (χ1v) is 8.54. The molecule has 0 aliphatic heterocycles. The fraction of sp³-hybridized carbons (Fsp3) is 0.500. The molecule has 26 heavy (non-hydrogen) atoms. The first kappa shape index (κ1) is 21.6. The highest BCUT2D eigenvalue weighted by Crippen LogP contribution is 2.14. The van der Waals surface area contributed by atoms with Crippen LogP contribution in [0.4, 0.5) is 0 Å². The Kier molecular flexibility index (Phi) is 8.74. The summed E-state index contributed by atoms with van der Waals surface area (Å²) >= 11 is 0. The number of hydrogen-bond acceptors (Lipinski definition) is 5. The Labute approximate surface area is 153 Å². The van der Waals surface area contributed by atoms with Crippen molar-refractivity contribution in [3.8, 4) is 0 Å². The first-order valence-electron chi connectivity index (χ1n) is 8.54. The van der Waals surface area contributed by atoms with Gasteiger partial charge >= 0.3 is 0 Å². The Bertz CT molecular complexity index is 606. The topological polar surface area (TPSA) is 125 Å². The van der Waals surface area contributed by atoms with Crippen molar-refractivity contribution < 1.29 is 19.5 Å². The molecule has 0 aromatic heterocycles. The second-order valence-electron chi connectivity index (χ2n) is 6.26. The average Bonchev–Trinajstić information content (AvgIpc) is 2.63. The SMILES string of the molecule is CCCC(N)C(O)C(=O)NCC(=O)N[C@@H](C(=O)N(C)C)c1ccccc1. The maximum absolute atomic E-state index is 12.4. The number of likely N-dealkylation sites (N-methyl/N-ethyl adjacent to an activating group) is 1. The molecule has 2 unspecified atom stereocenters. The minimum Gasteiger partial charge on any atom is -0.382 e. The van der Waals surface area contributed by atoms with Crippen LogP contribution in [0.2, 0.25) is 0 Å². The van der Waals surface area contributed by atoms with Gasteiger partial charge in [0.05, 0.1) is 6.54 Å². The number of rotatable bonds is 9. The fourth-order valence-electron chi connectivity index (χ4n) is 2.36. The quantitative estimate of drug-likeness (QED) is 0.472. The second-order valence-corrected chi connectivity index (χ2v) is 6.26. The van der Waals surface area contributed by atoms with Gasteiger partial charge in [0.2, 0.25) is 11.8 Å². The van der Waals surface area contributed by atoms with Crippen molar-refractivity contribution in [3.05, 3.63) is 35.9 Å². The van der Waals surface area contributed by atoms with Crippen LogP contribution < -0.4 is 16.4 Å². The molecule has 0 saturated heterocycles. The van der Waals surface area contributed by atoms with Gasteiger partial charge in [-0.1, -0.05) is 43.7 Å². The maximum Gasteiger partial charge on any atom is 0.250 e. The Morgan fingerprint density at radius 2 is 1.81 bits per heavy atom. The lowest BCUT2D eigenvalue weighted by atomic mass is 10.1. The molecule has 1 aromatic rings. The highest BCUT2D eigenvalue weighted by atomic mass is 16.3. The van der Waals surface area contributed by atoms with Crippen LogP contribution >= 0.6 is 0 Å². The molecule has 1 rings (SSSR count). The summed E-state index contributed by atoms with van der Waals surface area (Å²) in [6.45, 7) is 1.53. The fourth-order valence-corrected chi connectivity index (χ4v) is 2.36. The zero-order valence-corrected chi connectivity index (χ0v) is 15.4. The lowest BCUT2D eigenvalue weighted by Crippen LogP contribution is -2.49. The number of carbonyl (C=O) groups is 3. The number of amides is 3. The minimum atomic E-state index is -1.38. The number of nitrogens with two attached hydrogens (primary N) is 1. The van der Waals surface area contributed by atoms with E-state index in [0.29, 0.717) is 12.0 Å². The molecule has 8 nitrogen and oxygen atoms in total. The number of nitrogens with one attached hydrogen (secondary N) is 2. The van der Waals surface area contributed by atoms with Crippen molar-refractivity contribution >= 4 is 17.7 Å². The van der Waals surface area contributed by atoms with E-state index >= 15 is 0 Å². The smallest absolute Gasteiger partial charge is 0.250 e. The standard InChI is InChI=1S/C18H28N4O4/c1-4-8-13(19)16(24)17(25)20-11-14(23)21-15(18(26)22(2)3)12-9-6-5-7-10-12/h5-7,9-10,13,15-16,24H,4,8,11,19H2,1-3H3,(H,20,25)(H,21,23)/t13?,15-,16?/m1/s1. The highest BCUT2D eigenvalue weighted by molar-refractivity contribution is 5.91. The third-order valence-electron chi connectivity index (χ3n) is 3.85. The molecule has 3 amide bonds. The summed E-state index contributed by atoms with van der Waals surface area (Å²) in [4.78, 5) is 37.8. The molecule has 0 fully saturated rings. The molecule has 0 aliphatic rings. The lowest BCUT2D eigenvalue weighted by Gasteiger charge is -2.22. The third-order valence-corrected chi connectivity index (χ3v) is 3.85. The second kappa shape index (κ2) is 10.5. The van der Waals surface area contributed by atoms with E-state index in [2.05, 4.69) is 10.6 Å². The van der Waals surface area contributed by atoms with Crippen molar-refractivity contribution in [2.24, 2.45) is 5.73 Å². The van der Waals surface area contributed by atoms with Gasteiger partial charge in [-0.25, -0.2) is 0 Å². The summed E-state index contributed by atoms with van der Waals surface area (Å²) in [5.74, 6) is -1.55. The number of benzene rings is 1. The summed E-state index contributed by atoms with van der Waals surface area (Å²) in [6, 6.07) is 7.27. The van der Waals surface area contributed by atoms with Crippen LogP contribution in [0.15, 0.2) is 30.3 Å². The molecule has 144 valence electrons. The molecular weight excluding hydrogens is 336 g/mol. The van der Waals surface area contributed by atoms with E-state index in [-0.39, 0.29) is 12.5 Å². The van der Waals surface area contributed by atoms with Crippen molar-refractivity contribution in [2.75, 3.05) is 20.6 Å². The van der Waals surface area contributed by atoms with Crippen LogP contribution in [-0.4, -0.2) is 60.5 Å². The molecular formula is C18H28N4O4. The number of aliphatic hydroxyl groups is 1. The number of aliphatic hydroxyl groups excluding tert-OH is 1. The molecule has 0 radical (unpaired) electrons. The Hall–Kier alpha value is -2.45. The summed E-state index contributed by atoms with van der Waals surface area (Å²) in [6.07, 6.45) is -0.151. The molecule has 1 aromatic carbocycles. The van der Waals surface area contributed by atoms with Gasteiger partial charge in [-0.3, -0.25) is 14.4 Å². The predicted octanol–water partition coefficient (Wildman–Crippen LogP) is -0.463. The van der Waals surface area contributed by atoms with E-state index in [1.807, 2.05) is 13.0 Å². The van der Waals surface area contributed by atoms with E-state index in [9.17, 15) is 19.5 Å². The summed E-state index contributed by atoms with van der Waals surface area (Å²) in [5.41, 5.74) is 6.34. The molecule has 3 atom stereocenters. The van der Waals surface area contributed by atoms with Crippen LogP contribution in [-0.2, 0) is 14.4 Å². The monoisotopic (exact) mass is 364 g/mol. The van der Waals surface area contributed by atoms with E-state index in [1.165, 1.54) is 4.90 Å². The van der Waals surface area contributed by atoms with Gasteiger partial charge in [0.1, 0.15) is 12.1 Å². The van der Waals surface area contributed by atoms with Gasteiger partial charge < -0.3 is 26.4 Å². The normalized spacial score (nSPS) is 14.0. The highest BCUT2D eigenvalue weighted by Gasteiger charge is 2.26. The maximum atomic E-state index is 12.4. The van der Waals surface area contributed by atoms with Crippen molar-refractivity contribution in [1.82, 2.24) is 15.5 Å². The van der Waals surface area contributed by atoms with Gasteiger partial charge in [-0.2, -0.15) is 0 Å². The largest absolute Gasteiger partial charge is 0.382 e. The van der Waals surface area contributed by atoms with Crippen LogP contribution in [0.5, 0.6) is 0 Å². The van der Waals surface area contributed by atoms with Gasteiger partial charge in [0, 0.05) is 20.1 Å². The van der Waals surface area contributed by atoms with E-state index in [4.69, 9.17) is 5.73 Å². The van der Waals surface area contributed by atoms with Crippen molar-refractivity contribution in [2.45, 2.75) is 38.0 Å². The summed E-state index contributed by atoms with van der Waals surface area (Å²) in [7, 11) is 3.19. The van der Waals surface area contributed by atoms with Gasteiger partial charge in [-0.05, 0) is 12.0 Å². The van der Waals surface area contributed by atoms with Crippen molar-refractivity contribution in [1.29, 1.82) is 0 Å². The molecule has 0 saturated carbocycles.